The Labute approximate surface area is 155 Å². The van der Waals surface area contributed by atoms with E-state index >= 15 is 0 Å². The summed E-state index contributed by atoms with van der Waals surface area (Å²) < 4.78 is 31.5. The quantitative estimate of drug-likeness (QED) is 0.647. The van der Waals surface area contributed by atoms with Gasteiger partial charge in [0.15, 0.2) is 5.78 Å². The summed E-state index contributed by atoms with van der Waals surface area (Å²) in [6.07, 6.45) is 2.12. The van der Waals surface area contributed by atoms with Crippen molar-refractivity contribution < 1.29 is 13.2 Å². The second kappa shape index (κ2) is 7.60. The van der Waals surface area contributed by atoms with Crippen LogP contribution < -0.4 is 5.49 Å². The largest absolute Gasteiger partial charge is 0.321 e. The predicted octanol–water partition coefficient (Wildman–Crippen LogP) is 3.23. The van der Waals surface area contributed by atoms with Crippen molar-refractivity contribution in [1.29, 1.82) is 0 Å². The Morgan fingerprint density at radius 3 is 2.42 bits per heavy atom. The van der Waals surface area contributed by atoms with Crippen molar-refractivity contribution >= 4 is 38.4 Å². The van der Waals surface area contributed by atoms with Gasteiger partial charge < -0.3 is 4.57 Å². The van der Waals surface area contributed by atoms with Crippen LogP contribution in [0.25, 0.3) is 0 Å². The molecule has 1 aromatic carbocycles. The van der Waals surface area contributed by atoms with Crippen LogP contribution >= 0.6 is 22.6 Å². The molecule has 0 aliphatic carbocycles. The Hall–Kier alpha value is -1.48. The predicted molar refractivity (Wildman–Crippen MR) is 101 cm³/mol. The minimum Gasteiger partial charge on any atom is -0.321 e. The van der Waals surface area contributed by atoms with Crippen molar-refractivity contribution in [1.82, 2.24) is 4.57 Å². The van der Waals surface area contributed by atoms with Gasteiger partial charge in [-0.05, 0) is 60.7 Å². The summed E-state index contributed by atoms with van der Waals surface area (Å²) in [5.74, 6) is 0.0196. The minimum atomic E-state index is -3.84. The number of benzene rings is 1. The third-order valence-corrected chi connectivity index (χ3v) is 5.62. The zero-order chi connectivity index (χ0) is 17.9. The highest BCUT2D eigenvalue weighted by Crippen LogP contribution is 2.14. The number of hydrogen-bond donors (Lipinski definition) is 0. The molecule has 0 N–H and O–H groups in total. The Morgan fingerprint density at radius 2 is 1.83 bits per heavy atom. The van der Waals surface area contributed by atoms with Crippen molar-refractivity contribution in [3.63, 3.8) is 0 Å². The van der Waals surface area contributed by atoms with Gasteiger partial charge in [0.05, 0.1) is 10.9 Å². The van der Waals surface area contributed by atoms with Gasteiger partial charge in [0.1, 0.15) is 5.49 Å². The number of aryl methyl sites for hydroxylation is 1. The standard InChI is InChI=1S/C17H19IN2O3S/c1-4-16(21)13(3)20-11-14(18)7-10-17(20)19-24(22,23)15-8-5-12(2)6-9-15/h5-11,13H,4H2,1-3H3/b19-17+. The van der Waals surface area contributed by atoms with E-state index in [1.54, 1.807) is 48.9 Å². The molecule has 0 saturated carbocycles. The van der Waals surface area contributed by atoms with Crippen molar-refractivity contribution in [2.24, 2.45) is 4.40 Å². The van der Waals surface area contributed by atoms with Crippen LogP contribution in [-0.4, -0.2) is 18.8 Å². The number of nitrogens with zero attached hydrogens (tertiary/aromatic N) is 2. The SMILES string of the molecule is CCC(=O)C(C)n1cc(I)cc/c1=N\S(=O)(=O)c1ccc(C)cc1. The van der Waals surface area contributed by atoms with E-state index in [1.165, 1.54) is 12.1 Å². The number of ketones is 1. The molecule has 1 atom stereocenters. The van der Waals surface area contributed by atoms with Gasteiger partial charge in [0.25, 0.3) is 10.0 Å². The molecule has 0 spiro atoms. The molecular formula is C17H19IN2O3S. The summed E-state index contributed by atoms with van der Waals surface area (Å²) in [7, 11) is -3.84. The molecule has 5 nitrogen and oxygen atoms in total. The lowest BCUT2D eigenvalue weighted by Crippen LogP contribution is -2.29. The number of pyridine rings is 1. The molecule has 0 aliphatic heterocycles. The van der Waals surface area contributed by atoms with E-state index in [0.717, 1.165) is 9.13 Å². The van der Waals surface area contributed by atoms with Crippen molar-refractivity contribution in [2.45, 2.75) is 38.1 Å². The number of halogens is 1. The van der Waals surface area contributed by atoms with Crippen molar-refractivity contribution in [3.05, 3.63) is 57.2 Å². The number of hydrogen-bond acceptors (Lipinski definition) is 3. The first-order valence-corrected chi connectivity index (χ1v) is 10.0. The Balaban J connectivity index is 2.61. The average molecular weight is 458 g/mol. The second-order valence-electron chi connectivity index (χ2n) is 5.49. The lowest BCUT2D eigenvalue weighted by molar-refractivity contribution is -0.121. The summed E-state index contributed by atoms with van der Waals surface area (Å²) in [5, 5.41) is 0. The maximum atomic E-state index is 12.5. The van der Waals surface area contributed by atoms with Crippen LogP contribution in [0.4, 0.5) is 0 Å². The van der Waals surface area contributed by atoms with Crippen molar-refractivity contribution in [3.8, 4) is 0 Å². The summed E-state index contributed by atoms with van der Waals surface area (Å²) in [6.45, 7) is 5.42. The van der Waals surface area contributed by atoms with Gasteiger partial charge in [-0.15, -0.1) is 4.40 Å². The van der Waals surface area contributed by atoms with Crippen LogP contribution in [-0.2, 0) is 14.8 Å². The highest BCUT2D eigenvalue weighted by Gasteiger charge is 2.16. The van der Waals surface area contributed by atoms with E-state index in [4.69, 9.17) is 0 Å². The molecule has 1 heterocycles. The number of carbonyl (C=O) groups excluding carboxylic acids is 1. The summed E-state index contributed by atoms with van der Waals surface area (Å²) >= 11 is 2.12. The number of aromatic nitrogens is 1. The van der Waals surface area contributed by atoms with Crippen molar-refractivity contribution in [2.75, 3.05) is 0 Å². The Kier molecular flexibility index (Phi) is 5.97. The lowest BCUT2D eigenvalue weighted by Gasteiger charge is -2.15. The van der Waals surface area contributed by atoms with E-state index in [1.807, 2.05) is 6.92 Å². The molecule has 0 amide bonds. The van der Waals surface area contributed by atoms with Crippen LogP contribution in [0, 0.1) is 10.5 Å². The van der Waals surface area contributed by atoms with E-state index < -0.39 is 16.1 Å². The second-order valence-corrected chi connectivity index (χ2v) is 8.34. The summed E-state index contributed by atoms with van der Waals surface area (Å²) in [6, 6.07) is 9.44. The number of rotatable bonds is 5. The monoisotopic (exact) mass is 458 g/mol. The molecule has 0 saturated heterocycles. The van der Waals surface area contributed by atoms with Gasteiger partial charge in [-0.25, -0.2) is 0 Å². The fourth-order valence-corrected chi connectivity index (χ4v) is 3.67. The molecular weight excluding hydrogens is 439 g/mol. The first-order valence-electron chi connectivity index (χ1n) is 7.52. The maximum Gasteiger partial charge on any atom is 0.284 e. The molecule has 1 aromatic heterocycles. The molecule has 128 valence electrons. The molecule has 0 fully saturated rings. The zero-order valence-electron chi connectivity index (χ0n) is 13.7. The number of sulfonamides is 1. The molecule has 1 unspecified atom stereocenters. The van der Waals surface area contributed by atoms with Gasteiger partial charge in [-0.1, -0.05) is 24.6 Å². The van der Waals surface area contributed by atoms with Crippen LogP contribution in [0.1, 0.15) is 31.9 Å². The fraction of sp³-hybridized carbons (Fsp3) is 0.294. The maximum absolute atomic E-state index is 12.5. The number of Topliss-reactive ketones (excluding diaryl/α,β-unsaturated/α-hetero) is 1. The molecule has 0 radical (unpaired) electrons. The molecule has 0 aliphatic rings. The molecule has 7 heteroatoms. The first kappa shape index (κ1) is 18.9. The van der Waals surface area contributed by atoms with E-state index in [2.05, 4.69) is 27.0 Å². The molecule has 0 bridgehead atoms. The van der Waals surface area contributed by atoms with E-state index in [0.29, 0.717) is 6.42 Å². The van der Waals surface area contributed by atoms with E-state index in [-0.39, 0.29) is 16.2 Å². The molecule has 2 rings (SSSR count). The van der Waals surface area contributed by atoms with Crippen LogP contribution in [0.3, 0.4) is 0 Å². The molecule has 24 heavy (non-hydrogen) atoms. The number of carbonyl (C=O) groups is 1. The molecule has 2 aromatic rings. The van der Waals surface area contributed by atoms with Gasteiger partial charge >= 0.3 is 0 Å². The van der Waals surface area contributed by atoms with Gasteiger partial charge in [0, 0.05) is 16.2 Å². The van der Waals surface area contributed by atoms with Gasteiger partial charge in [-0.3, -0.25) is 4.79 Å². The third kappa shape index (κ3) is 4.32. The Morgan fingerprint density at radius 1 is 1.21 bits per heavy atom. The van der Waals surface area contributed by atoms with Gasteiger partial charge in [0.2, 0.25) is 0 Å². The fourth-order valence-electron chi connectivity index (χ4n) is 2.21. The van der Waals surface area contributed by atoms with Crippen LogP contribution in [0.15, 0.2) is 51.9 Å². The van der Waals surface area contributed by atoms with Crippen LogP contribution in [0.2, 0.25) is 0 Å². The van der Waals surface area contributed by atoms with Crippen LogP contribution in [0.5, 0.6) is 0 Å². The highest BCUT2D eigenvalue weighted by atomic mass is 127. The zero-order valence-corrected chi connectivity index (χ0v) is 16.7. The highest BCUT2D eigenvalue weighted by molar-refractivity contribution is 14.1. The normalized spacial score (nSPS) is 13.8. The Bertz CT molecular complexity index is 916. The lowest BCUT2D eigenvalue weighted by atomic mass is 10.1. The first-order chi connectivity index (χ1) is 11.2. The van der Waals surface area contributed by atoms with E-state index in [9.17, 15) is 13.2 Å². The van der Waals surface area contributed by atoms with Gasteiger partial charge in [-0.2, -0.15) is 8.42 Å². The smallest absolute Gasteiger partial charge is 0.284 e. The minimum absolute atomic E-state index is 0.0196. The summed E-state index contributed by atoms with van der Waals surface area (Å²) in [5.41, 5.74) is 1.21. The third-order valence-electron chi connectivity index (χ3n) is 3.68. The summed E-state index contributed by atoms with van der Waals surface area (Å²) in [4.78, 5) is 12.2. The topological polar surface area (TPSA) is 68.5 Å². The average Bonchev–Trinajstić information content (AvgIpc) is 2.55.